The predicted molar refractivity (Wildman–Crippen MR) is 96.4 cm³/mol. The summed E-state index contributed by atoms with van der Waals surface area (Å²) in [5.41, 5.74) is 3.08. The third-order valence-electron chi connectivity index (χ3n) is 4.17. The van der Waals surface area contributed by atoms with Crippen molar-refractivity contribution in [1.29, 1.82) is 0 Å². The van der Waals surface area contributed by atoms with Crippen LogP contribution in [0.3, 0.4) is 0 Å². The SMILES string of the molecule is CC(C)(C)c1cc(O)c(Cc2ccccc2)c(C(C)(C)C)c1O. The molecule has 0 aliphatic rings. The van der Waals surface area contributed by atoms with Gasteiger partial charge in [-0.25, -0.2) is 0 Å². The molecule has 23 heavy (non-hydrogen) atoms. The summed E-state index contributed by atoms with van der Waals surface area (Å²) >= 11 is 0. The normalized spacial score (nSPS) is 12.4. The second kappa shape index (κ2) is 5.92. The minimum Gasteiger partial charge on any atom is -0.508 e. The molecule has 0 spiro atoms. The maximum Gasteiger partial charge on any atom is 0.123 e. The Morgan fingerprint density at radius 2 is 1.39 bits per heavy atom. The van der Waals surface area contributed by atoms with Crippen molar-refractivity contribution in [2.45, 2.75) is 58.8 Å². The van der Waals surface area contributed by atoms with Gasteiger partial charge >= 0.3 is 0 Å². The summed E-state index contributed by atoms with van der Waals surface area (Å²) in [6.07, 6.45) is 0.608. The molecule has 0 amide bonds. The molecule has 0 aliphatic heterocycles. The Hall–Kier alpha value is -1.96. The van der Waals surface area contributed by atoms with Gasteiger partial charge in [0.05, 0.1) is 0 Å². The summed E-state index contributed by atoms with van der Waals surface area (Å²) in [4.78, 5) is 0. The van der Waals surface area contributed by atoms with Crippen LogP contribution in [0.15, 0.2) is 36.4 Å². The van der Waals surface area contributed by atoms with E-state index < -0.39 is 0 Å². The van der Waals surface area contributed by atoms with Gasteiger partial charge in [-0.1, -0.05) is 71.9 Å². The van der Waals surface area contributed by atoms with Gasteiger partial charge in [-0.15, -0.1) is 0 Å². The Morgan fingerprint density at radius 3 is 1.87 bits per heavy atom. The fraction of sp³-hybridized carbons (Fsp3) is 0.429. The lowest BCUT2D eigenvalue weighted by Gasteiger charge is -2.30. The molecule has 0 aromatic heterocycles. The van der Waals surface area contributed by atoms with Crippen molar-refractivity contribution >= 4 is 0 Å². The Bertz CT molecular complexity index is 687. The second-order valence-electron chi connectivity index (χ2n) is 8.31. The van der Waals surface area contributed by atoms with Crippen LogP contribution in [-0.4, -0.2) is 10.2 Å². The maximum atomic E-state index is 10.9. The topological polar surface area (TPSA) is 40.5 Å². The van der Waals surface area contributed by atoms with Gasteiger partial charge in [0.2, 0.25) is 0 Å². The highest BCUT2D eigenvalue weighted by atomic mass is 16.3. The fourth-order valence-electron chi connectivity index (χ4n) is 3.06. The first-order valence-corrected chi connectivity index (χ1v) is 8.14. The molecule has 2 N–H and O–H groups in total. The zero-order valence-corrected chi connectivity index (χ0v) is 15.1. The van der Waals surface area contributed by atoms with Crippen molar-refractivity contribution < 1.29 is 10.2 Å². The standard InChI is InChI=1S/C21H28O2/c1-20(2,3)16-13-17(22)15(12-14-10-8-7-9-11-14)18(19(16)23)21(4,5)6/h7-11,13,22-23H,12H2,1-6H3. The minimum absolute atomic E-state index is 0.229. The number of aromatic hydroxyl groups is 2. The molecule has 0 saturated carbocycles. The van der Waals surface area contributed by atoms with Crippen molar-refractivity contribution in [2.75, 3.05) is 0 Å². The summed E-state index contributed by atoms with van der Waals surface area (Å²) < 4.78 is 0. The molecule has 0 bridgehead atoms. The molecule has 2 nitrogen and oxygen atoms in total. The van der Waals surface area contributed by atoms with Crippen LogP contribution in [0.4, 0.5) is 0 Å². The largest absolute Gasteiger partial charge is 0.508 e. The third-order valence-corrected chi connectivity index (χ3v) is 4.17. The molecule has 2 aromatic carbocycles. The molecule has 0 atom stereocenters. The van der Waals surface area contributed by atoms with Crippen LogP contribution in [-0.2, 0) is 17.3 Å². The quantitative estimate of drug-likeness (QED) is 0.740. The molecule has 2 aromatic rings. The molecule has 0 saturated heterocycles. The summed E-state index contributed by atoms with van der Waals surface area (Å²) in [5, 5.41) is 21.6. The number of rotatable bonds is 2. The predicted octanol–water partition coefficient (Wildman–Crippen LogP) is 5.28. The van der Waals surface area contributed by atoms with Crippen molar-refractivity contribution in [1.82, 2.24) is 0 Å². The van der Waals surface area contributed by atoms with Gasteiger partial charge < -0.3 is 10.2 Å². The van der Waals surface area contributed by atoms with Gasteiger partial charge in [0.15, 0.2) is 0 Å². The first-order valence-electron chi connectivity index (χ1n) is 8.14. The highest BCUT2D eigenvalue weighted by Crippen LogP contribution is 2.45. The molecule has 0 aliphatic carbocycles. The highest BCUT2D eigenvalue weighted by Gasteiger charge is 2.30. The van der Waals surface area contributed by atoms with E-state index in [-0.39, 0.29) is 16.6 Å². The highest BCUT2D eigenvalue weighted by molar-refractivity contribution is 5.58. The monoisotopic (exact) mass is 312 g/mol. The Kier molecular flexibility index (Phi) is 4.48. The smallest absolute Gasteiger partial charge is 0.123 e. The van der Waals surface area contributed by atoms with Crippen LogP contribution in [0.1, 0.15) is 63.8 Å². The van der Waals surface area contributed by atoms with E-state index in [9.17, 15) is 10.2 Å². The van der Waals surface area contributed by atoms with E-state index in [1.54, 1.807) is 6.07 Å². The van der Waals surface area contributed by atoms with Gasteiger partial charge in [0.1, 0.15) is 11.5 Å². The Morgan fingerprint density at radius 1 is 0.826 bits per heavy atom. The number of hydrogen-bond donors (Lipinski definition) is 2. The number of phenolic OH excluding ortho intramolecular Hbond substituents is 2. The van der Waals surface area contributed by atoms with Crippen LogP contribution >= 0.6 is 0 Å². The van der Waals surface area contributed by atoms with E-state index in [4.69, 9.17) is 0 Å². The minimum atomic E-state index is -0.257. The fourth-order valence-corrected chi connectivity index (χ4v) is 3.06. The van der Waals surface area contributed by atoms with Gasteiger partial charge in [-0.3, -0.25) is 0 Å². The van der Waals surface area contributed by atoms with Crippen molar-refractivity contribution in [3.63, 3.8) is 0 Å². The Labute approximate surface area is 139 Å². The van der Waals surface area contributed by atoms with Crippen LogP contribution in [0.5, 0.6) is 11.5 Å². The molecule has 2 rings (SSSR count). The van der Waals surface area contributed by atoms with E-state index in [1.807, 2.05) is 51.1 Å². The average molecular weight is 312 g/mol. The van der Waals surface area contributed by atoms with Crippen molar-refractivity contribution in [2.24, 2.45) is 0 Å². The zero-order chi connectivity index (χ0) is 17.4. The molecule has 2 heteroatoms. The van der Waals surface area contributed by atoms with Gasteiger partial charge in [0, 0.05) is 23.1 Å². The van der Waals surface area contributed by atoms with Gasteiger partial charge in [-0.2, -0.15) is 0 Å². The van der Waals surface area contributed by atoms with E-state index in [1.165, 1.54) is 0 Å². The van der Waals surface area contributed by atoms with E-state index in [0.717, 1.165) is 22.3 Å². The number of hydrogen-bond acceptors (Lipinski definition) is 2. The zero-order valence-electron chi connectivity index (χ0n) is 15.1. The first-order chi connectivity index (χ1) is 10.5. The lowest BCUT2D eigenvalue weighted by Crippen LogP contribution is -2.19. The summed E-state index contributed by atoms with van der Waals surface area (Å²) in [5.74, 6) is 0.579. The lowest BCUT2D eigenvalue weighted by molar-refractivity contribution is 0.408. The van der Waals surface area contributed by atoms with E-state index >= 15 is 0 Å². The molecule has 0 radical (unpaired) electrons. The molecular weight excluding hydrogens is 284 g/mol. The molecular formula is C21H28O2. The van der Waals surface area contributed by atoms with Crippen LogP contribution < -0.4 is 0 Å². The summed E-state index contributed by atoms with van der Waals surface area (Å²) in [7, 11) is 0. The molecule has 0 unspecified atom stereocenters. The third kappa shape index (κ3) is 3.69. The molecule has 124 valence electrons. The molecule has 0 fully saturated rings. The van der Waals surface area contributed by atoms with Crippen LogP contribution in [0, 0.1) is 0 Å². The van der Waals surface area contributed by atoms with Gasteiger partial charge in [-0.05, 0) is 22.5 Å². The summed E-state index contributed by atoms with van der Waals surface area (Å²) in [6, 6.07) is 11.8. The van der Waals surface area contributed by atoms with Crippen molar-refractivity contribution in [3.05, 3.63) is 58.7 Å². The average Bonchev–Trinajstić information content (AvgIpc) is 2.41. The number of benzene rings is 2. The maximum absolute atomic E-state index is 10.9. The van der Waals surface area contributed by atoms with Crippen LogP contribution in [0.25, 0.3) is 0 Å². The molecule has 0 heterocycles. The van der Waals surface area contributed by atoms with E-state index in [0.29, 0.717) is 12.2 Å². The second-order valence-corrected chi connectivity index (χ2v) is 8.31. The number of phenols is 2. The Balaban J connectivity index is 2.69. The van der Waals surface area contributed by atoms with Gasteiger partial charge in [0.25, 0.3) is 0 Å². The van der Waals surface area contributed by atoms with Crippen LogP contribution in [0.2, 0.25) is 0 Å². The first kappa shape index (κ1) is 17.4. The van der Waals surface area contributed by atoms with Crippen molar-refractivity contribution in [3.8, 4) is 11.5 Å². The van der Waals surface area contributed by atoms with E-state index in [2.05, 4.69) is 20.8 Å². The lowest BCUT2D eigenvalue weighted by atomic mass is 9.76. The summed E-state index contributed by atoms with van der Waals surface area (Å²) in [6.45, 7) is 12.4.